The first-order valence-electron chi connectivity index (χ1n) is 4.60. The molecule has 78 valence electrons. The van der Waals surface area contributed by atoms with Crippen LogP contribution in [-0.2, 0) is 0 Å². The molecule has 1 unspecified atom stereocenters. The number of thioether (sulfide) groups is 1. The summed E-state index contributed by atoms with van der Waals surface area (Å²) in [6.07, 6.45) is 3.31. The van der Waals surface area contributed by atoms with Gasteiger partial charge in [0.25, 0.3) is 0 Å². The van der Waals surface area contributed by atoms with Crippen LogP contribution in [0.2, 0.25) is 0 Å². The summed E-state index contributed by atoms with van der Waals surface area (Å²) in [6.45, 7) is 2.07. The first kappa shape index (κ1) is 10.6. The summed E-state index contributed by atoms with van der Waals surface area (Å²) in [4.78, 5) is 12.7. The zero-order chi connectivity index (χ0) is 10.7. The Morgan fingerprint density at radius 1 is 1.33 bits per heavy atom. The third kappa shape index (κ3) is 2.58. The molecule has 0 aliphatic rings. The molecule has 15 heavy (non-hydrogen) atoms. The van der Waals surface area contributed by atoms with Crippen LogP contribution in [0.25, 0.3) is 11.2 Å². The van der Waals surface area contributed by atoms with E-state index in [0.717, 1.165) is 10.5 Å². The molecule has 0 aliphatic carbocycles. The minimum atomic E-state index is 0.355. The second-order valence-corrected chi connectivity index (χ2v) is 4.90. The maximum atomic E-state index is 5.74. The highest BCUT2D eigenvalue weighted by Crippen LogP contribution is 2.22. The average Bonchev–Trinajstić information content (AvgIpc) is 2.29. The lowest BCUT2D eigenvalue weighted by Gasteiger charge is -2.06. The first-order valence-corrected chi connectivity index (χ1v) is 6.01. The molecule has 0 aliphatic heterocycles. The number of hydrogen-bond donors (Lipinski definition) is 0. The highest BCUT2D eigenvalue weighted by Gasteiger charge is 2.05. The number of pyridine rings is 1. The standard InChI is InChI=1S/C10H10ClN3S/c1-7(6-11)15-9-3-2-8-10(14-9)13-5-4-12-8/h2-5,7H,6H2,1H3. The van der Waals surface area contributed by atoms with Gasteiger partial charge in [0, 0.05) is 23.5 Å². The Hall–Kier alpha value is -0.870. The predicted molar refractivity (Wildman–Crippen MR) is 63.4 cm³/mol. The number of alkyl halides is 1. The largest absolute Gasteiger partial charge is 0.251 e. The van der Waals surface area contributed by atoms with Gasteiger partial charge in [-0.15, -0.1) is 23.4 Å². The fraction of sp³-hybridized carbons (Fsp3) is 0.300. The minimum absolute atomic E-state index is 0.355. The molecule has 3 nitrogen and oxygen atoms in total. The van der Waals surface area contributed by atoms with E-state index < -0.39 is 0 Å². The number of fused-ring (bicyclic) bond motifs is 1. The molecule has 0 amide bonds. The van der Waals surface area contributed by atoms with E-state index in [0.29, 0.717) is 16.8 Å². The summed E-state index contributed by atoms with van der Waals surface area (Å²) in [5, 5.41) is 1.30. The van der Waals surface area contributed by atoms with Crippen molar-refractivity contribution in [2.75, 3.05) is 5.88 Å². The molecule has 2 aromatic rings. The van der Waals surface area contributed by atoms with Crippen LogP contribution in [-0.4, -0.2) is 26.1 Å². The van der Waals surface area contributed by atoms with Crippen LogP contribution >= 0.6 is 23.4 Å². The summed E-state index contributed by atoms with van der Waals surface area (Å²) in [7, 11) is 0. The van der Waals surface area contributed by atoms with E-state index >= 15 is 0 Å². The normalized spacial score (nSPS) is 12.9. The fourth-order valence-corrected chi connectivity index (χ4v) is 2.09. The highest BCUT2D eigenvalue weighted by molar-refractivity contribution is 7.99. The van der Waals surface area contributed by atoms with Crippen molar-refractivity contribution < 1.29 is 0 Å². The van der Waals surface area contributed by atoms with Crippen LogP contribution in [0, 0.1) is 0 Å². The Bertz CT molecular complexity index is 463. The summed E-state index contributed by atoms with van der Waals surface area (Å²) in [5.74, 6) is 0.616. The van der Waals surface area contributed by atoms with Crippen LogP contribution < -0.4 is 0 Å². The van der Waals surface area contributed by atoms with Gasteiger partial charge in [-0.1, -0.05) is 6.92 Å². The van der Waals surface area contributed by atoms with Crippen molar-refractivity contribution in [3.63, 3.8) is 0 Å². The zero-order valence-electron chi connectivity index (χ0n) is 8.22. The van der Waals surface area contributed by atoms with Crippen molar-refractivity contribution in [2.45, 2.75) is 17.2 Å². The number of halogens is 1. The number of hydrogen-bond acceptors (Lipinski definition) is 4. The van der Waals surface area contributed by atoms with Gasteiger partial charge in [0.15, 0.2) is 5.65 Å². The van der Waals surface area contributed by atoms with Crippen molar-refractivity contribution in [2.24, 2.45) is 0 Å². The molecule has 2 rings (SSSR count). The van der Waals surface area contributed by atoms with E-state index in [2.05, 4.69) is 21.9 Å². The van der Waals surface area contributed by atoms with Gasteiger partial charge in [0.05, 0.1) is 5.03 Å². The van der Waals surface area contributed by atoms with Crippen molar-refractivity contribution in [1.29, 1.82) is 0 Å². The Balaban J connectivity index is 2.30. The Morgan fingerprint density at radius 3 is 2.93 bits per heavy atom. The van der Waals surface area contributed by atoms with Crippen LogP contribution in [0.1, 0.15) is 6.92 Å². The lowest BCUT2D eigenvalue weighted by molar-refractivity contribution is 1.08. The number of rotatable bonds is 3. The molecule has 2 aromatic heterocycles. The van der Waals surface area contributed by atoms with Crippen molar-refractivity contribution in [1.82, 2.24) is 15.0 Å². The van der Waals surface area contributed by atoms with E-state index in [-0.39, 0.29) is 0 Å². The lowest BCUT2D eigenvalue weighted by atomic mass is 10.4. The monoisotopic (exact) mass is 239 g/mol. The van der Waals surface area contributed by atoms with Gasteiger partial charge >= 0.3 is 0 Å². The Kier molecular flexibility index (Phi) is 3.38. The topological polar surface area (TPSA) is 38.7 Å². The molecule has 5 heteroatoms. The second kappa shape index (κ2) is 4.77. The van der Waals surface area contributed by atoms with Gasteiger partial charge in [-0.3, -0.25) is 4.98 Å². The Labute approximate surface area is 97.3 Å². The van der Waals surface area contributed by atoms with Gasteiger partial charge in [-0.2, -0.15) is 0 Å². The quantitative estimate of drug-likeness (QED) is 0.610. The molecule has 0 aromatic carbocycles. The van der Waals surface area contributed by atoms with E-state index in [1.165, 1.54) is 0 Å². The number of nitrogens with zero attached hydrogens (tertiary/aromatic N) is 3. The third-order valence-corrected chi connectivity index (χ3v) is 3.53. The van der Waals surface area contributed by atoms with Crippen molar-refractivity contribution in [3.8, 4) is 0 Å². The fourth-order valence-electron chi connectivity index (χ4n) is 1.14. The van der Waals surface area contributed by atoms with Gasteiger partial charge in [0.2, 0.25) is 0 Å². The second-order valence-electron chi connectivity index (χ2n) is 3.13. The molecule has 0 bridgehead atoms. The summed E-state index contributed by atoms with van der Waals surface area (Å²) < 4.78 is 0. The van der Waals surface area contributed by atoms with Crippen LogP contribution in [0.15, 0.2) is 29.6 Å². The zero-order valence-corrected chi connectivity index (χ0v) is 9.79. The molecular formula is C10H10ClN3S. The number of aromatic nitrogens is 3. The van der Waals surface area contributed by atoms with Crippen LogP contribution in [0.4, 0.5) is 0 Å². The molecule has 0 fully saturated rings. The predicted octanol–water partition coefficient (Wildman–Crippen LogP) is 2.74. The van der Waals surface area contributed by atoms with Gasteiger partial charge < -0.3 is 0 Å². The molecule has 2 heterocycles. The van der Waals surface area contributed by atoms with E-state index in [9.17, 15) is 0 Å². The summed E-state index contributed by atoms with van der Waals surface area (Å²) in [6, 6.07) is 3.88. The maximum Gasteiger partial charge on any atom is 0.179 e. The maximum absolute atomic E-state index is 5.74. The Morgan fingerprint density at radius 2 is 2.13 bits per heavy atom. The first-order chi connectivity index (χ1) is 7.29. The van der Waals surface area contributed by atoms with Crippen molar-refractivity contribution >= 4 is 34.5 Å². The molecular weight excluding hydrogens is 230 g/mol. The molecule has 0 radical (unpaired) electrons. The lowest BCUT2D eigenvalue weighted by Crippen LogP contribution is -1.98. The third-order valence-electron chi connectivity index (χ3n) is 1.85. The summed E-state index contributed by atoms with van der Waals surface area (Å²) >= 11 is 7.39. The molecule has 0 spiro atoms. The van der Waals surface area contributed by atoms with Gasteiger partial charge in [-0.25, -0.2) is 9.97 Å². The van der Waals surface area contributed by atoms with Crippen LogP contribution in [0.5, 0.6) is 0 Å². The highest BCUT2D eigenvalue weighted by atomic mass is 35.5. The molecule has 1 atom stereocenters. The van der Waals surface area contributed by atoms with Gasteiger partial charge in [-0.05, 0) is 12.1 Å². The van der Waals surface area contributed by atoms with E-state index in [1.807, 2.05) is 12.1 Å². The van der Waals surface area contributed by atoms with E-state index in [1.54, 1.807) is 24.2 Å². The van der Waals surface area contributed by atoms with Gasteiger partial charge in [0.1, 0.15) is 5.52 Å². The average molecular weight is 240 g/mol. The van der Waals surface area contributed by atoms with Crippen molar-refractivity contribution in [3.05, 3.63) is 24.5 Å². The van der Waals surface area contributed by atoms with E-state index in [4.69, 9.17) is 11.6 Å². The van der Waals surface area contributed by atoms with Crippen LogP contribution in [0.3, 0.4) is 0 Å². The summed E-state index contributed by atoms with van der Waals surface area (Å²) in [5.41, 5.74) is 1.50. The molecule has 0 saturated heterocycles. The SMILES string of the molecule is CC(CCl)Sc1ccc2nccnc2n1. The molecule has 0 N–H and O–H groups in total. The molecule has 0 saturated carbocycles. The minimum Gasteiger partial charge on any atom is -0.251 e. The smallest absolute Gasteiger partial charge is 0.179 e.